The molecule has 6 atom stereocenters. The van der Waals surface area contributed by atoms with Crippen LogP contribution in [0, 0.1) is 17.8 Å². The molecule has 0 bridgehead atoms. The molecular formula is C48H77N3O9. The van der Waals surface area contributed by atoms with Crippen LogP contribution in [0.15, 0.2) is 47.7 Å². The van der Waals surface area contributed by atoms with Crippen molar-refractivity contribution in [2.24, 2.45) is 22.9 Å². The maximum atomic E-state index is 14.7. The highest BCUT2D eigenvalue weighted by Gasteiger charge is 2.65. The van der Waals surface area contributed by atoms with Gasteiger partial charge in [0.15, 0.2) is 0 Å². The van der Waals surface area contributed by atoms with Crippen molar-refractivity contribution < 1.29 is 43.9 Å². The Morgan fingerprint density at radius 3 is 2.37 bits per heavy atom. The molecule has 2 aliphatic heterocycles. The molecule has 12 nitrogen and oxygen atoms in total. The first kappa shape index (κ1) is 48.0. The van der Waals surface area contributed by atoms with Gasteiger partial charge in [0.2, 0.25) is 11.7 Å². The molecule has 1 aromatic rings. The molecule has 12 heteroatoms. The number of nitrogens with zero attached hydrogens (tertiary/aromatic N) is 3. The molecule has 0 spiro atoms. The summed E-state index contributed by atoms with van der Waals surface area (Å²) in [5.41, 5.74) is 2.83. The van der Waals surface area contributed by atoms with Gasteiger partial charge in [-0.2, -0.15) is 0 Å². The Balaban J connectivity index is 1.58. The van der Waals surface area contributed by atoms with E-state index in [4.69, 9.17) is 28.9 Å². The monoisotopic (exact) mass is 840 g/mol. The molecule has 4 aliphatic rings. The van der Waals surface area contributed by atoms with Gasteiger partial charge in [-0.05, 0) is 67.7 Å². The van der Waals surface area contributed by atoms with Gasteiger partial charge in [0.1, 0.15) is 31.3 Å². The Morgan fingerprint density at radius 2 is 1.68 bits per heavy atom. The van der Waals surface area contributed by atoms with Gasteiger partial charge >= 0.3 is 0 Å². The maximum Gasteiger partial charge on any atom is 0.239 e. The molecule has 338 valence electrons. The number of unbranched alkanes of at least 4 members (excludes halogenated alkanes) is 10. The van der Waals surface area contributed by atoms with E-state index in [2.05, 4.69) is 30.5 Å². The van der Waals surface area contributed by atoms with Crippen LogP contribution in [0.5, 0.6) is 11.5 Å². The van der Waals surface area contributed by atoms with Crippen LogP contribution < -0.4 is 9.47 Å². The number of rotatable bonds is 32. The first-order valence-corrected chi connectivity index (χ1v) is 23.4. The van der Waals surface area contributed by atoms with Crippen molar-refractivity contribution in [3.63, 3.8) is 0 Å². The topological polar surface area (TPSA) is 143 Å². The predicted molar refractivity (Wildman–Crippen MR) is 235 cm³/mol. The van der Waals surface area contributed by atoms with Crippen LogP contribution in [0.1, 0.15) is 128 Å². The van der Waals surface area contributed by atoms with Crippen molar-refractivity contribution in [3.05, 3.63) is 48.1 Å². The number of ether oxygens (including phenoxy) is 4. The van der Waals surface area contributed by atoms with Gasteiger partial charge in [0.05, 0.1) is 38.1 Å². The number of aliphatic hydroxyl groups excluding tert-OH is 3. The number of amides is 1. The summed E-state index contributed by atoms with van der Waals surface area (Å²) >= 11 is 0. The van der Waals surface area contributed by atoms with Gasteiger partial charge in [-0.3, -0.25) is 9.69 Å². The van der Waals surface area contributed by atoms with Gasteiger partial charge in [-0.25, -0.2) is 0 Å². The van der Waals surface area contributed by atoms with Crippen molar-refractivity contribution in [1.29, 1.82) is 0 Å². The highest BCUT2D eigenvalue weighted by molar-refractivity contribution is 6.03. The van der Waals surface area contributed by atoms with Crippen molar-refractivity contribution in [3.8, 4) is 11.5 Å². The molecule has 5 rings (SSSR count). The lowest BCUT2D eigenvalue weighted by Gasteiger charge is -2.60. The number of oxime groups is 1. The summed E-state index contributed by atoms with van der Waals surface area (Å²) in [6.45, 7) is 11.1. The lowest BCUT2D eigenvalue weighted by atomic mass is 9.55. The Kier molecular flexibility index (Phi) is 20.7. The highest BCUT2D eigenvalue weighted by atomic mass is 16.7. The standard InChI is InChI=1S/C48H77N3O9/c1-4-6-7-8-9-10-11-12-13-20-45(55)51(26-31-57-33-29-54)44-36-42(49-56-3)40-34-37(18-14-16-27-52)39(19-15-17-28-53)46-41-35-38(58-32-25-50-23-24-50)21-22-43(41)60-48(44,47(40)46)59-30-5-2/h5,21-22,34-35,37,39,44,46-47,52-54H,2,4,6-20,23-33,36H2,1,3H3/t37-,39+,44-,46+,47+,48+/m0/s1. The summed E-state index contributed by atoms with van der Waals surface area (Å²) in [6, 6.07) is 5.54. The number of aliphatic hydroxyl groups is 3. The molecule has 0 radical (unpaired) electrons. The van der Waals surface area contributed by atoms with E-state index in [0.717, 1.165) is 87.2 Å². The van der Waals surface area contributed by atoms with Crippen molar-refractivity contribution in [1.82, 2.24) is 9.80 Å². The zero-order valence-corrected chi connectivity index (χ0v) is 36.9. The van der Waals surface area contributed by atoms with E-state index in [-0.39, 0.29) is 69.2 Å². The minimum atomic E-state index is -1.32. The van der Waals surface area contributed by atoms with Crippen LogP contribution in [0.3, 0.4) is 0 Å². The average Bonchev–Trinajstić information content (AvgIpc) is 4.09. The summed E-state index contributed by atoms with van der Waals surface area (Å²) < 4.78 is 26.7. The molecule has 0 aromatic heterocycles. The molecule has 1 amide bonds. The lowest BCUT2D eigenvalue weighted by Crippen LogP contribution is -2.70. The van der Waals surface area contributed by atoms with E-state index < -0.39 is 11.8 Å². The fraction of sp³-hybridized carbons (Fsp3) is 0.750. The Morgan fingerprint density at radius 1 is 0.950 bits per heavy atom. The minimum Gasteiger partial charge on any atom is -0.492 e. The summed E-state index contributed by atoms with van der Waals surface area (Å²) in [5.74, 6) is -0.0117. The third kappa shape index (κ3) is 13.0. The molecule has 1 saturated carbocycles. The maximum absolute atomic E-state index is 14.7. The zero-order chi connectivity index (χ0) is 42.6. The molecule has 1 saturated heterocycles. The molecule has 2 aliphatic carbocycles. The Bertz CT molecular complexity index is 1500. The molecule has 3 N–H and O–H groups in total. The zero-order valence-electron chi connectivity index (χ0n) is 36.9. The fourth-order valence-electron chi connectivity index (χ4n) is 9.95. The van der Waals surface area contributed by atoms with Gasteiger partial charge in [-0.15, -0.1) is 6.58 Å². The quantitative estimate of drug-likeness (QED) is 0.0291. The Labute approximate surface area is 360 Å². The van der Waals surface area contributed by atoms with E-state index in [1.54, 1.807) is 13.2 Å². The summed E-state index contributed by atoms with van der Waals surface area (Å²) in [6.07, 6.45) is 20.1. The third-order valence-electron chi connectivity index (χ3n) is 13.0. The van der Waals surface area contributed by atoms with Crippen molar-refractivity contribution in [2.75, 3.05) is 79.5 Å². The van der Waals surface area contributed by atoms with E-state index in [0.29, 0.717) is 44.6 Å². The second-order valence-electron chi connectivity index (χ2n) is 17.1. The smallest absolute Gasteiger partial charge is 0.239 e. The molecular weight excluding hydrogens is 763 g/mol. The molecule has 1 aromatic carbocycles. The third-order valence-corrected chi connectivity index (χ3v) is 13.0. The normalized spacial score (nSPS) is 24.9. The van der Waals surface area contributed by atoms with Crippen molar-refractivity contribution in [2.45, 2.75) is 134 Å². The second kappa shape index (κ2) is 25.8. The minimum absolute atomic E-state index is 0.0135. The van der Waals surface area contributed by atoms with Crippen LogP contribution in [0.25, 0.3) is 0 Å². The number of fused-ring (bicyclic) bond motifs is 2. The number of carbonyl (C=O) groups excluding carboxylic acids is 1. The van der Waals surface area contributed by atoms with Crippen LogP contribution in [-0.2, 0) is 19.1 Å². The summed E-state index contributed by atoms with van der Waals surface area (Å²) in [5, 5.41) is 34.0. The van der Waals surface area contributed by atoms with Crippen LogP contribution in [0.4, 0.5) is 0 Å². The first-order valence-electron chi connectivity index (χ1n) is 23.4. The molecule has 60 heavy (non-hydrogen) atoms. The highest BCUT2D eigenvalue weighted by Crippen LogP contribution is 2.62. The second-order valence-corrected chi connectivity index (χ2v) is 17.1. The number of carbonyl (C=O) groups is 1. The fourth-order valence-corrected chi connectivity index (χ4v) is 9.95. The number of hydrogen-bond donors (Lipinski definition) is 3. The average molecular weight is 840 g/mol. The van der Waals surface area contributed by atoms with E-state index in [1.165, 1.54) is 38.5 Å². The van der Waals surface area contributed by atoms with Gasteiger partial charge < -0.3 is 44.0 Å². The SMILES string of the molecule is C=CCO[C@@]12Oc3ccc(OCCN4CC4)cc3[C@H]3[C@H](CCCCO)[C@@H](CCCCO)C=C(C(=NOC)C[C@@H]1N(CCOCCO)C(=O)CCCCCCCCCCC)[C@H]32. The molecule has 2 heterocycles. The predicted octanol–water partition coefficient (Wildman–Crippen LogP) is 7.40. The van der Waals surface area contributed by atoms with Crippen LogP contribution in [0.2, 0.25) is 0 Å². The largest absolute Gasteiger partial charge is 0.492 e. The van der Waals surface area contributed by atoms with E-state index in [1.807, 2.05) is 17.0 Å². The van der Waals surface area contributed by atoms with Gasteiger partial charge in [0.25, 0.3) is 0 Å². The summed E-state index contributed by atoms with van der Waals surface area (Å²) in [7, 11) is 1.57. The van der Waals surface area contributed by atoms with Crippen LogP contribution in [-0.4, -0.2) is 128 Å². The Hall–Kier alpha value is -3.00. The van der Waals surface area contributed by atoms with E-state index >= 15 is 0 Å². The first-order chi connectivity index (χ1) is 29.5. The van der Waals surface area contributed by atoms with Gasteiger partial charge in [-0.1, -0.05) is 88.4 Å². The number of benzene rings is 1. The molecule has 0 unspecified atom stereocenters. The number of allylic oxidation sites excluding steroid dienone is 1. The number of hydrogen-bond acceptors (Lipinski definition) is 11. The van der Waals surface area contributed by atoms with Gasteiger partial charge in [0, 0.05) is 63.7 Å². The van der Waals surface area contributed by atoms with Crippen molar-refractivity contribution >= 4 is 11.6 Å². The molecule has 2 fully saturated rings. The van der Waals surface area contributed by atoms with Crippen LogP contribution >= 0.6 is 0 Å². The summed E-state index contributed by atoms with van der Waals surface area (Å²) in [4.78, 5) is 24.6. The lowest BCUT2D eigenvalue weighted by molar-refractivity contribution is -0.258. The van der Waals surface area contributed by atoms with E-state index in [9.17, 15) is 20.1 Å².